The van der Waals surface area contributed by atoms with E-state index in [4.69, 9.17) is 11.6 Å². The quantitative estimate of drug-likeness (QED) is 0.793. The Balaban J connectivity index is 2.28. The molecule has 0 saturated carbocycles. The van der Waals surface area contributed by atoms with Crippen LogP contribution in [-0.4, -0.2) is 5.91 Å². The Kier molecular flexibility index (Phi) is 4.12. The Labute approximate surface area is 121 Å². The van der Waals surface area contributed by atoms with Crippen molar-refractivity contribution < 1.29 is 9.18 Å². The average molecular weight is 296 g/mol. The van der Waals surface area contributed by atoms with Crippen molar-refractivity contribution in [2.24, 2.45) is 0 Å². The van der Waals surface area contributed by atoms with Crippen molar-refractivity contribution in [1.29, 1.82) is 0 Å². The fourth-order valence-electron chi connectivity index (χ4n) is 1.69. The third kappa shape index (κ3) is 3.49. The second kappa shape index (κ2) is 5.63. The van der Waals surface area contributed by atoms with E-state index in [1.54, 1.807) is 31.2 Å². The summed E-state index contributed by atoms with van der Waals surface area (Å²) in [7, 11) is 0. The number of benzene rings is 2. The molecule has 2 nitrogen and oxygen atoms in total. The molecule has 0 aliphatic carbocycles. The predicted molar refractivity (Wildman–Crippen MR) is 77.8 cm³/mol. The van der Waals surface area contributed by atoms with E-state index in [1.807, 2.05) is 0 Å². The largest absolute Gasteiger partial charge is 0.322 e. The molecule has 0 aromatic heterocycles. The molecule has 2 aromatic rings. The van der Waals surface area contributed by atoms with Gasteiger partial charge in [0.1, 0.15) is 5.82 Å². The van der Waals surface area contributed by atoms with Crippen LogP contribution in [0.25, 0.3) is 0 Å². The lowest BCUT2D eigenvalue weighted by atomic mass is 10.2. The molecular weight excluding hydrogens is 285 g/mol. The number of carbonyl (C=O) groups is 1. The summed E-state index contributed by atoms with van der Waals surface area (Å²) in [6.07, 6.45) is 0. The Morgan fingerprint density at radius 1 is 1.26 bits per heavy atom. The smallest absolute Gasteiger partial charge is 0.257 e. The first-order valence-electron chi connectivity index (χ1n) is 5.53. The number of hydrogen-bond donors (Lipinski definition) is 2. The van der Waals surface area contributed by atoms with Gasteiger partial charge in [0, 0.05) is 10.6 Å². The van der Waals surface area contributed by atoms with Crippen molar-refractivity contribution >= 4 is 35.8 Å². The number of nitrogens with one attached hydrogen (secondary N) is 1. The summed E-state index contributed by atoms with van der Waals surface area (Å²) in [5, 5.41) is 2.93. The number of aryl methyl sites for hydroxylation is 1. The van der Waals surface area contributed by atoms with Crippen LogP contribution < -0.4 is 5.32 Å². The number of amides is 1. The number of rotatable bonds is 2. The van der Waals surface area contributed by atoms with E-state index in [-0.39, 0.29) is 0 Å². The van der Waals surface area contributed by atoms with E-state index in [9.17, 15) is 9.18 Å². The van der Waals surface area contributed by atoms with Gasteiger partial charge in [-0.3, -0.25) is 4.79 Å². The highest BCUT2D eigenvalue weighted by Crippen LogP contribution is 2.21. The van der Waals surface area contributed by atoms with Gasteiger partial charge in [-0.25, -0.2) is 4.39 Å². The first-order valence-corrected chi connectivity index (χ1v) is 6.35. The molecule has 98 valence electrons. The van der Waals surface area contributed by atoms with Crippen LogP contribution in [-0.2, 0) is 0 Å². The molecule has 0 aliphatic rings. The molecule has 0 bridgehead atoms. The Morgan fingerprint density at radius 2 is 2.00 bits per heavy atom. The molecule has 0 unspecified atom stereocenters. The van der Waals surface area contributed by atoms with Gasteiger partial charge in [-0.05, 0) is 48.9 Å². The normalized spacial score (nSPS) is 10.3. The van der Waals surface area contributed by atoms with Crippen LogP contribution in [0.2, 0.25) is 5.02 Å². The topological polar surface area (TPSA) is 29.1 Å². The number of hydrogen-bond acceptors (Lipinski definition) is 2. The Morgan fingerprint density at radius 3 is 2.68 bits per heavy atom. The van der Waals surface area contributed by atoms with E-state index < -0.39 is 11.7 Å². The zero-order chi connectivity index (χ0) is 14.0. The van der Waals surface area contributed by atoms with Crippen molar-refractivity contribution in [1.82, 2.24) is 0 Å². The van der Waals surface area contributed by atoms with Crippen molar-refractivity contribution in [3.05, 3.63) is 58.4 Å². The van der Waals surface area contributed by atoms with Gasteiger partial charge in [0.15, 0.2) is 0 Å². The molecule has 0 atom stereocenters. The molecule has 0 radical (unpaired) electrons. The third-order valence-corrected chi connectivity index (χ3v) is 3.10. The zero-order valence-electron chi connectivity index (χ0n) is 10.1. The van der Waals surface area contributed by atoms with Crippen LogP contribution in [0.4, 0.5) is 10.1 Å². The molecule has 2 rings (SSSR count). The lowest BCUT2D eigenvalue weighted by Crippen LogP contribution is -2.12. The van der Waals surface area contributed by atoms with E-state index >= 15 is 0 Å². The summed E-state index contributed by atoms with van der Waals surface area (Å²) in [4.78, 5) is 12.7. The standard InChI is InChI=1S/C14H11ClFNOS/c1-8-4-9(16)6-10(5-8)17-14(18)12-7-11(19)2-3-13(12)15/h2-7,19H,1H3,(H,17,18). The number of anilines is 1. The highest BCUT2D eigenvalue weighted by Gasteiger charge is 2.11. The lowest BCUT2D eigenvalue weighted by Gasteiger charge is -2.08. The summed E-state index contributed by atoms with van der Waals surface area (Å²) in [6, 6.07) is 9.16. The van der Waals surface area contributed by atoms with Crippen LogP contribution >= 0.6 is 24.2 Å². The fourth-order valence-corrected chi connectivity index (χ4v) is 2.10. The summed E-state index contributed by atoms with van der Waals surface area (Å²) >= 11 is 10.1. The van der Waals surface area contributed by atoms with Crippen LogP contribution in [0, 0.1) is 12.7 Å². The molecule has 0 saturated heterocycles. The highest BCUT2D eigenvalue weighted by molar-refractivity contribution is 7.80. The summed E-state index contributed by atoms with van der Waals surface area (Å²) in [5.41, 5.74) is 1.42. The number of thiol groups is 1. The van der Waals surface area contributed by atoms with E-state index in [2.05, 4.69) is 17.9 Å². The summed E-state index contributed by atoms with van der Waals surface area (Å²) in [5.74, 6) is -0.796. The summed E-state index contributed by atoms with van der Waals surface area (Å²) in [6.45, 7) is 1.75. The van der Waals surface area contributed by atoms with Gasteiger partial charge < -0.3 is 5.32 Å². The van der Waals surface area contributed by atoms with Crippen molar-refractivity contribution in [3.8, 4) is 0 Å². The van der Waals surface area contributed by atoms with Gasteiger partial charge in [0.05, 0.1) is 10.6 Å². The molecule has 1 amide bonds. The van der Waals surface area contributed by atoms with Crippen molar-refractivity contribution in [3.63, 3.8) is 0 Å². The second-order valence-corrected chi connectivity index (χ2v) is 5.06. The number of halogens is 2. The zero-order valence-corrected chi connectivity index (χ0v) is 11.7. The molecule has 0 spiro atoms. The van der Waals surface area contributed by atoms with E-state index in [0.29, 0.717) is 21.2 Å². The first-order chi connectivity index (χ1) is 8.95. The lowest BCUT2D eigenvalue weighted by molar-refractivity contribution is 0.102. The van der Waals surface area contributed by atoms with Crippen LogP contribution in [0.1, 0.15) is 15.9 Å². The van der Waals surface area contributed by atoms with Gasteiger partial charge >= 0.3 is 0 Å². The van der Waals surface area contributed by atoms with Crippen LogP contribution in [0.5, 0.6) is 0 Å². The first kappa shape index (κ1) is 13.9. The predicted octanol–water partition coefficient (Wildman–Crippen LogP) is 4.33. The molecule has 0 heterocycles. The molecule has 0 aliphatic heterocycles. The molecule has 19 heavy (non-hydrogen) atoms. The highest BCUT2D eigenvalue weighted by atomic mass is 35.5. The molecule has 0 fully saturated rings. The van der Waals surface area contributed by atoms with Gasteiger partial charge in [-0.1, -0.05) is 11.6 Å². The van der Waals surface area contributed by atoms with Crippen molar-refractivity contribution in [2.45, 2.75) is 11.8 Å². The fraction of sp³-hybridized carbons (Fsp3) is 0.0714. The average Bonchev–Trinajstić information content (AvgIpc) is 2.30. The second-order valence-electron chi connectivity index (χ2n) is 4.14. The minimum absolute atomic E-state index is 0.302. The molecule has 1 N–H and O–H groups in total. The third-order valence-electron chi connectivity index (χ3n) is 2.49. The van der Waals surface area contributed by atoms with Gasteiger partial charge in [-0.15, -0.1) is 12.6 Å². The van der Waals surface area contributed by atoms with Crippen molar-refractivity contribution in [2.75, 3.05) is 5.32 Å². The maximum atomic E-state index is 13.2. The maximum absolute atomic E-state index is 13.2. The van der Waals surface area contributed by atoms with E-state index in [0.717, 1.165) is 5.56 Å². The number of carbonyl (C=O) groups excluding carboxylic acids is 1. The maximum Gasteiger partial charge on any atom is 0.257 e. The molecule has 2 aromatic carbocycles. The minimum Gasteiger partial charge on any atom is -0.322 e. The van der Waals surface area contributed by atoms with Crippen LogP contribution in [0.3, 0.4) is 0 Å². The summed E-state index contributed by atoms with van der Waals surface area (Å²) < 4.78 is 13.2. The van der Waals surface area contributed by atoms with Crippen LogP contribution in [0.15, 0.2) is 41.3 Å². The van der Waals surface area contributed by atoms with Gasteiger partial charge in [0.25, 0.3) is 5.91 Å². The Hall–Kier alpha value is -1.52. The van der Waals surface area contributed by atoms with Gasteiger partial charge in [-0.2, -0.15) is 0 Å². The monoisotopic (exact) mass is 295 g/mol. The van der Waals surface area contributed by atoms with Gasteiger partial charge in [0.2, 0.25) is 0 Å². The minimum atomic E-state index is -0.399. The van der Waals surface area contributed by atoms with E-state index in [1.165, 1.54) is 12.1 Å². The molecule has 5 heteroatoms. The molecular formula is C14H11ClFNOS. The Bertz CT molecular complexity index is 625. The SMILES string of the molecule is Cc1cc(F)cc(NC(=O)c2cc(S)ccc2Cl)c1.